The average Bonchev–Trinajstić information content (AvgIpc) is 3.23. The number of hydrogen-bond donors (Lipinski definition) is 2. The monoisotopic (exact) mass is 480 g/mol. The lowest BCUT2D eigenvalue weighted by atomic mass is 10.1. The topological polar surface area (TPSA) is 79.6 Å². The van der Waals surface area contributed by atoms with Crippen LogP contribution in [0.3, 0.4) is 0 Å². The summed E-state index contributed by atoms with van der Waals surface area (Å²) in [6, 6.07) is 14.9. The van der Waals surface area contributed by atoms with Crippen LogP contribution in [0.4, 0.5) is 5.69 Å². The van der Waals surface area contributed by atoms with Gasteiger partial charge in [0.05, 0.1) is 31.2 Å². The first-order chi connectivity index (χ1) is 16.4. The van der Waals surface area contributed by atoms with Crippen molar-refractivity contribution < 1.29 is 14.6 Å². The lowest BCUT2D eigenvalue weighted by Gasteiger charge is -2.29. The number of imidazole rings is 1. The maximum Gasteiger partial charge on any atom is 0.244 e. The molecule has 7 nitrogen and oxygen atoms in total. The third-order valence-corrected chi connectivity index (χ3v) is 6.17. The summed E-state index contributed by atoms with van der Waals surface area (Å²) in [7, 11) is 1.89. The summed E-state index contributed by atoms with van der Waals surface area (Å²) >= 11 is 5.90. The highest BCUT2D eigenvalue weighted by Crippen LogP contribution is 2.27. The van der Waals surface area contributed by atoms with E-state index >= 15 is 0 Å². The minimum Gasteiger partial charge on any atom is -0.391 e. The zero-order valence-electron chi connectivity index (χ0n) is 19.3. The first-order valence-corrected chi connectivity index (χ1v) is 11.7. The van der Waals surface area contributed by atoms with E-state index in [4.69, 9.17) is 16.3 Å². The van der Waals surface area contributed by atoms with Crippen molar-refractivity contribution in [2.45, 2.75) is 19.1 Å². The van der Waals surface area contributed by atoms with Gasteiger partial charge in [-0.2, -0.15) is 0 Å². The number of anilines is 1. The number of morpholine rings is 1. The fourth-order valence-corrected chi connectivity index (χ4v) is 4.12. The summed E-state index contributed by atoms with van der Waals surface area (Å²) in [6.07, 6.45) is 4.08. The number of benzene rings is 2. The van der Waals surface area contributed by atoms with Gasteiger partial charge in [-0.05, 0) is 48.4 Å². The number of aliphatic hydroxyl groups excluding tert-OH is 1. The fraction of sp³-hybridized carbons (Fsp3) is 0.308. The van der Waals surface area contributed by atoms with E-state index in [1.54, 1.807) is 31.3 Å². The number of nitrogens with zero attached hydrogens (tertiary/aromatic N) is 3. The molecule has 0 saturated carbocycles. The van der Waals surface area contributed by atoms with E-state index < -0.39 is 12.1 Å². The smallest absolute Gasteiger partial charge is 0.244 e. The fourth-order valence-electron chi connectivity index (χ4n) is 3.99. The van der Waals surface area contributed by atoms with Crippen LogP contribution in [-0.4, -0.2) is 53.0 Å². The van der Waals surface area contributed by atoms with Crippen molar-refractivity contribution in [2.75, 3.05) is 31.2 Å². The first-order valence-electron chi connectivity index (χ1n) is 11.3. The summed E-state index contributed by atoms with van der Waals surface area (Å²) in [5.74, 6) is 0.260. The predicted octanol–water partition coefficient (Wildman–Crippen LogP) is 3.83. The zero-order chi connectivity index (χ0) is 24.1. The summed E-state index contributed by atoms with van der Waals surface area (Å²) in [5.41, 5.74) is 3.93. The van der Waals surface area contributed by atoms with Crippen LogP contribution in [0.25, 0.3) is 17.3 Å². The number of hydrogen-bond acceptors (Lipinski definition) is 5. The third-order valence-electron chi connectivity index (χ3n) is 5.92. The van der Waals surface area contributed by atoms with Gasteiger partial charge in [-0.3, -0.25) is 4.79 Å². The molecule has 2 aromatic carbocycles. The molecule has 1 aliphatic rings. The molecule has 178 valence electrons. The molecule has 1 fully saturated rings. The van der Waals surface area contributed by atoms with Gasteiger partial charge in [0.2, 0.25) is 5.91 Å². The van der Waals surface area contributed by atoms with Gasteiger partial charge in [-0.1, -0.05) is 35.9 Å². The molecule has 2 unspecified atom stereocenters. The number of halogens is 1. The van der Waals surface area contributed by atoms with Gasteiger partial charge in [0, 0.05) is 36.9 Å². The summed E-state index contributed by atoms with van der Waals surface area (Å²) in [5, 5.41) is 13.9. The molecule has 0 aliphatic carbocycles. The molecule has 2 atom stereocenters. The van der Waals surface area contributed by atoms with Crippen LogP contribution in [0, 0.1) is 0 Å². The number of aliphatic hydroxyl groups is 1. The molecular formula is C26H29ClN4O3. The van der Waals surface area contributed by atoms with Gasteiger partial charge in [-0.25, -0.2) is 4.98 Å². The average molecular weight is 481 g/mol. The van der Waals surface area contributed by atoms with Crippen molar-refractivity contribution in [1.82, 2.24) is 14.9 Å². The second kappa shape index (κ2) is 10.9. The largest absolute Gasteiger partial charge is 0.391 e. The van der Waals surface area contributed by atoms with E-state index in [9.17, 15) is 9.90 Å². The molecule has 8 heteroatoms. The van der Waals surface area contributed by atoms with Crippen LogP contribution >= 0.6 is 11.6 Å². The van der Waals surface area contributed by atoms with Crippen LogP contribution in [0.1, 0.15) is 24.4 Å². The van der Waals surface area contributed by atoms with E-state index in [-0.39, 0.29) is 5.91 Å². The van der Waals surface area contributed by atoms with Crippen molar-refractivity contribution in [3.05, 3.63) is 77.2 Å². The van der Waals surface area contributed by atoms with Gasteiger partial charge in [-0.15, -0.1) is 0 Å². The Kier molecular flexibility index (Phi) is 7.67. The molecule has 0 bridgehead atoms. The van der Waals surface area contributed by atoms with Gasteiger partial charge in [0.1, 0.15) is 11.9 Å². The number of carbonyl (C=O) groups excluding carboxylic acids is 1. The zero-order valence-corrected chi connectivity index (χ0v) is 20.1. The molecule has 1 aliphatic heterocycles. The maximum atomic E-state index is 12.6. The van der Waals surface area contributed by atoms with Crippen molar-refractivity contribution in [2.24, 2.45) is 7.05 Å². The number of aromatic nitrogens is 2. The molecule has 2 heterocycles. The second-order valence-electron chi connectivity index (χ2n) is 8.32. The molecule has 0 radical (unpaired) electrons. The standard InChI is InChI=1S/C26H29ClN4O3/c1-18(32)25(29-24(33)12-5-19-3-8-21(27)9-4-19)26-28-17-23(30(26)2)20-6-10-22(11-7-20)31-13-15-34-16-14-31/h3-12,17-18,25,32H,13-16H2,1-2H3,(H,29,33)/b12-5+. The quantitative estimate of drug-likeness (QED) is 0.502. The lowest BCUT2D eigenvalue weighted by molar-refractivity contribution is -0.118. The summed E-state index contributed by atoms with van der Waals surface area (Å²) in [6.45, 7) is 4.90. The number of amides is 1. The third kappa shape index (κ3) is 5.67. The van der Waals surface area contributed by atoms with Gasteiger partial charge >= 0.3 is 0 Å². The Morgan fingerprint density at radius 2 is 1.82 bits per heavy atom. The Labute approximate surface area is 204 Å². The second-order valence-corrected chi connectivity index (χ2v) is 8.76. The summed E-state index contributed by atoms with van der Waals surface area (Å²) < 4.78 is 7.34. The Bertz CT molecular complexity index is 1130. The molecule has 1 saturated heterocycles. The van der Waals surface area contributed by atoms with Crippen molar-refractivity contribution in [3.8, 4) is 11.3 Å². The number of ether oxygens (including phenoxy) is 1. The van der Waals surface area contributed by atoms with E-state index in [0.29, 0.717) is 10.8 Å². The SMILES string of the molecule is CC(O)C(NC(=O)/C=C/c1ccc(Cl)cc1)c1ncc(-c2ccc(N3CCOCC3)cc2)n1C. The molecule has 2 N–H and O–H groups in total. The molecule has 34 heavy (non-hydrogen) atoms. The maximum absolute atomic E-state index is 12.6. The van der Waals surface area contributed by atoms with E-state index in [2.05, 4.69) is 39.5 Å². The minimum atomic E-state index is -0.828. The highest BCUT2D eigenvalue weighted by molar-refractivity contribution is 6.30. The van der Waals surface area contributed by atoms with Crippen molar-refractivity contribution in [3.63, 3.8) is 0 Å². The van der Waals surface area contributed by atoms with Crippen molar-refractivity contribution >= 4 is 29.3 Å². The number of carbonyl (C=O) groups is 1. The van der Waals surface area contributed by atoms with Crippen LogP contribution in [0.2, 0.25) is 5.02 Å². The van der Waals surface area contributed by atoms with Crippen LogP contribution < -0.4 is 10.2 Å². The predicted molar refractivity (Wildman–Crippen MR) is 135 cm³/mol. The molecule has 1 amide bonds. The number of nitrogens with one attached hydrogen (secondary N) is 1. The Hall–Kier alpha value is -3.13. The molecule has 1 aromatic heterocycles. The number of rotatable bonds is 7. The minimum absolute atomic E-state index is 0.319. The van der Waals surface area contributed by atoms with Crippen LogP contribution in [-0.2, 0) is 16.6 Å². The van der Waals surface area contributed by atoms with E-state index in [1.165, 1.54) is 6.08 Å². The highest BCUT2D eigenvalue weighted by Gasteiger charge is 2.24. The first kappa shape index (κ1) is 24.0. The normalized spacial score (nSPS) is 15.9. The van der Waals surface area contributed by atoms with E-state index in [0.717, 1.165) is 48.8 Å². The van der Waals surface area contributed by atoms with Gasteiger partial charge in [0.25, 0.3) is 0 Å². The Morgan fingerprint density at radius 3 is 2.47 bits per heavy atom. The Balaban J connectivity index is 1.48. The van der Waals surface area contributed by atoms with Crippen molar-refractivity contribution in [1.29, 1.82) is 0 Å². The highest BCUT2D eigenvalue weighted by atomic mass is 35.5. The molecule has 3 aromatic rings. The Morgan fingerprint density at radius 1 is 1.15 bits per heavy atom. The van der Waals surface area contributed by atoms with Gasteiger partial charge in [0.15, 0.2) is 0 Å². The molecule has 0 spiro atoms. The van der Waals surface area contributed by atoms with Crippen LogP contribution in [0.5, 0.6) is 0 Å². The van der Waals surface area contributed by atoms with Gasteiger partial charge < -0.3 is 24.6 Å². The van der Waals surface area contributed by atoms with Crippen LogP contribution in [0.15, 0.2) is 60.8 Å². The molecular weight excluding hydrogens is 452 g/mol. The molecule has 4 rings (SSSR count). The van der Waals surface area contributed by atoms with E-state index in [1.807, 2.05) is 23.7 Å². The summed E-state index contributed by atoms with van der Waals surface area (Å²) in [4.78, 5) is 19.4. The lowest BCUT2D eigenvalue weighted by Crippen LogP contribution is -2.36.